The van der Waals surface area contributed by atoms with Crippen LogP contribution < -0.4 is 0 Å². The molecule has 0 spiro atoms. The van der Waals surface area contributed by atoms with E-state index in [-0.39, 0.29) is 43.1 Å². The molecule has 0 saturated carbocycles. The topological polar surface area (TPSA) is 177 Å². The first-order valence-electron chi connectivity index (χ1n) is 20.4. The number of likely N-dealkylation sites (N-methyl/N-ethyl adjacent to an activating group) is 2. The van der Waals surface area contributed by atoms with E-state index in [0.717, 1.165) is 0 Å². The number of rotatable bonds is 8. The molecule has 55 heavy (non-hydrogen) atoms. The van der Waals surface area contributed by atoms with Crippen molar-refractivity contribution < 1.29 is 58.4 Å². The van der Waals surface area contributed by atoms with Crippen molar-refractivity contribution >= 4 is 11.8 Å². The zero-order chi connectivity index (χ0) is 42.0. The molecule has 14 heteroatoms. The number of nitrogens with zero attached hydrogens (tertiary/aromatic N) is 2. The summed E-state index contributed by atoms with van der Waals surface area (Å²) in [7, 11) is 7.21. The van der Waals surface area contributed by atoms with Gasteiger partial charge in [-0.3, -0.25) is 9.59 Å². The number of methoxy groups -OCH3 is 1. The van der Waals surface area contributed by atoms with Crippen molar-refractivity contribution in [1.29, 1.82) is 0 Å². The molecule has 322 valence electrons. The molecule has 14 nitrogen and oxygen atoms in total. The molecular formula is C41H76N2O12. The molecule has 3 aliphatic rings. The molecule has 3 fully saturated rings. The van der Waals surface area contributed by atoms with Gasteiger partial charge in [-0.25, -0.2) is 0 Å². The van der Waals surface area contributed by atoms with Gasteiger partial charge in [-0.2, -0.15) is 0 Å². The van der Waals surface area contributed by atoms with E-state index in [1.165, 1.54) is 14.0 Å². The van der Waals surface area contributed by atoms with Crippen LogP contribution in [0.1, 0.15) is 108 Å². The second-order valence-electron chi connectivity index (χ2n) is 18.2. The molecular weight excluding hydrogens is 712 g/mol. The summed E-state index contributed by atoms with van der Waals surface area (Å²) in [5.41, 5.74) is -4.16. The summed E-state index contributed by atoms with van der Waals surface area (Å²) in [5, 5.41) is 47.2. The van der Waals surface area contributed by atoms with E-state index >= 15 is 0 Å². The van der Waals surface area contributed by atoms with Gasteiger partial charge in [-0.1, -0.05) is 34.1 Å². The Morgan fingerprint density at radius 3 is 2.13 bits per heavy atom. The predicted octanol–water partition coefficient (Wildman–Crippen LogP) is 3.14. The number of ketones is 1. The number of Topliss-reactive ketones (excluding diaryl/α,β-unsaturated/α-hetero) is 1. The summed E-state index contributed by atoms with van der Waals surface area (Å²) in [6, 6.07) is -0.723. The van der Waals surface area contributed by atoms with Crippen LogP contribution in [0, 0.1) is 23.7 Å². The maximum Gasteiger partial charge on any atom is 0.303 e. The van der Waals surface area contributed by atoms with E-state index in [2.05, 4.69) is 0 Å². The van der Waals surface area contributed by atoms with E-state index in [1.54, 1.807) is 34.6 Å². The molecule has 3 aliphatic heterocycles. The minimum atomic E-state index is -1.59. The first-order valence-corrected chi connectivity index (χ1v) is 20.4. The third kappa shape index (κ3) is 11.3. The second kappa shape index (κ2) is 19.2. The molecule has 0 bridgehead atoms. The zero-order valence-corrected chi connectivity index (χ0v) is 36.4. The van der Waals surface area contributed by atoms with Crippen molar-refractivity contribution in [3.05, 3.63) is 0 Å². The van der Waals surface area contributed by atoms with Gasteiger partial charge in [0, 0.05) is 51.3 Å². The summed E-state index contributed by atoms with van der Waals surface area (Å²) >= 11 is 0. The van der Waals surface area contributed by atoms with Crippen LogP contribution in [-0.4, -0.2) is 161 Å². The SMILES string of the molecule is CC[C@H]1CC(=O)[C@H](C)[C@@H](O[C@H]2C[C@@](C)(OC)[C@@H](O)[C@H](C)O2)[C@H](C)[C@@H](O[C@@H]2O[C@H](C)CC(N(C)C)[C@H]2OC(C)=O)[C@](C)(O)C[C@@H](C)CN(C)[C@H](C)[C@@H](O)[C@]1(C)O. The lowest BCUT2D eigenvalue weighted by Crippen LogP contribution is -2.61. The van der Waals surface area contributed by atoms with Gasteiger partial charge in [0.05, 0.1) is 53.4 Å². The lowest BCUT2D eigenvalue weighted by atomic mass is 9.74. The molecule has 3 saturated heterocycles. The molecule has 0 aromatic rings. The fourth-order valence-corrected chi connectivity index (χ4v) is 9.47. The number of aliphatic hydroxyl groups excluding tert-OH is 2. The molecule has 18 atom stereocenters. The maximum atomic E-state index is 14.5. The molecule has 0 aliphatic carbocycles. The molecule has 0 aromatic carbocycles. The number of esters is 1. The van der Waals surface area contributed by atoms with Gasteiger partial charge in [-0.05, 0) is 87.4 Å². The Bertz CT molecular complexity index is 1250. The minimum Gasteiger partial charge on any atom is -0.455 e. The first kappa shape index (κ1) is 48.1. The van der Waals surface area contributed by atoms with Crippen LogP contribution in [0.2, 0.25) is 0 Å². The van der Waals surface area contributed by atoms with Crippen LogP contribution in [0.4, 0.5) is 0 Å². The number of carbonyl (C=O) groups is 2. The molecule has 0 aromatic heterocycles. The van der Waals surface area contributed by atoms with E-state index in [1.807, 2.05) is 65.6 Å². The van der Waals surface area contributed by atoms with Crippen LogP contribution in [0.15, 0.2) is 0 Å². The van der Waals surface area contributed by atoms with Crippen LogP contribution in [0.3, 0.4) is 0 Å². The Morgan fingerprint density at radius 1 is 0.964 bits per heavy atom. The van der Waals surface area contributed by atoms with Crippen LogP contribution >= 0.6 is 0 Å². The van der Waals surface area contributed by atoms with E-state index in [9.17, 15) is 30.0 Å². The number of ether oxygens (including phenoxy) is 6. The van der Waals surface area contributed by atoms with Gasteiger partial charge in [-0.15, -0.1) is 0 Å². The van der Waals surface area contributed by atoms with Gasteiger partial charge in [0.1, 0.15) is 11.9 Å². The number of carbonyl (C=O) groups excluding carboxylic acids is 2. The Kier molecular flexibility index (Phi) is 16.8. The monoisotopic (exact) mass is 789 g/mol. The van der Waals surface area contributed by atoms with Gasteiger partial charge >= 0.3 is 5.97 Å². The number of hydrogen-bond donors (Lipinski definition) is 4. The lowest BCUT2D eigenvalue weighted by Gasteiger charge is -2.49. The van der Waals surface area contributed by atoms with E-state index < -0.39 is 95.8 Å². The Morgan fingerprint density at radius 2 is 1.58 bits per heavy atom. The Balaban J connectivity index is 2.23. The van der Waals surface area contributed by atoms with Crippen molar-refractivity contribution in [3.8, 4) is 0 Å². The minimum absolute atomic E-state index is 0.0399. The molecule has 3 heterocycles. The van der Waals surface area contributed by atoms with Crippen molar-refractivity contribution in [1.82, 2.24) is 9.80 Å². The normalized spacial score (nSPS) is 47.6. The van der Waals surface area contributed by atoms with Crippen molar-refractivity contribution in [2.45, 2.75) is 192 Å². The summed E-state index contributed by atoms with van der Waals surface area (Å²) in [5.74, 6) is -2.93. The highest BCUT2D eigenvalue weighted by molar-refractivity contribution is 5.81. The zero-order valence-electron chi connectivity index (χ0n) is 36.4. The summed E-state index contributed by atoms with van der Waals surface area (Å²) in [4.78, 5) is 31.0. The van der Waals surface area contributed by atoms with E-state index in [0.29, 0.717) is 19.4 Å². The predicted molar refractivity (Wildman–Crippen MR) is 207 cm³/mol. The first-order chi connectivity index (χ1) is 25.3. The largest absolute Gasteiger partial charge is 0.455 e. The third-order valence-corrected chi connectivity index (χ3v) is 13.1. The highest BCUT2D eigenvalue weighted by Crippen LogP contribution is 2.41. The summed E-state index contributed by atoms with van der Waals surface area (Å²) in [6.45, 7) is 20.0. The van der Waals surface area contributed by atoms with Crippen LogP contribution in [-0.2, 0) is 38.0 Å². The Labute approximate surface area is 330 Å². The molecule has 1 unspecified atom stereocenters. The molecule has 4 N–H and O–H groups in total. The number of aliphatic hydroxyl groups is 4. The summed E-state index contributed by atoms with van der Waals surface area (Å²) in [6.07, 6.45) is -6.43. The standard InChI is InChI=1S/C41H76N2O12/c1-16-29-18-31(45)24(4)33(54-32-20-40(10,50-15)36(47)27(7)52-32)25(5)37(55-38-34(53-28(8)44)30(42(12)13)17-23(3)51-38)39(9,48)19-22(2)21-43(14)26(6)35(46)41(29,11)49/h22-27,29-30,32-38,46-49H,16-21H2,1-15H3/t22-,23-,24+,25+,26-,27+,29+,30?,32+,33-,34-,35-,36+,37-,38+,39-,40-,41-/m1/s1. The van der Waals surface area contributed by atoms with Gasteiger partial charge in [0.25, 0.3) is 0 Å². The quantitative estimate of drug-likeness (QED) is 0.264. The number of hydrogen-bond acceptors (Lipinski definition) is 14. The van der Waals surface area contributed by atoms with E-state index in [4.69, 9.17) is 28.4 Å². The fraction of sp³-hybridized carbons (Fsp3) is 0.951. The molecule has 3 rings (SSSR count). The van der Waals surface area contributed by atoms with Crippen LogP contribution in [0.25, 0.3) is 0 Å². The highest BCUT2D eigenvalue weighted by Gasteiger charge is 2.52. The van der Waals surface area contributed by atoms with Crippen molar-refractivity contribution in [3.63, 3.8) is 0 Å². The van der Waals surface area contributed by atoms with Gasteiger partial charge in [0.15, 0.2) is 18.7 Å². The van der Waals surface area contributed by atoms with Crippen LogP contribution in [0.5, 0.6) is 0 Å². The third-order valence-electron chi connectivity index (χ3n) is 13.1. The molecule has 0 radical (unpaired) electrons. The fourth-order valence-electron chi connectivity index (χ4n) is 9.47. The van der Waals surface area contributed by atoms with Crippen molar-refractivity contribution in [2.24, 2.45) is 23.7 Å². The second-order valence-corrected chi connectivity index (χ2v) is 18.2. The maximum absolute atomic E-state index is 14.5. The average molecular weight is 789 g/mol. The summed E-state index contributed by atoms with van der Waals surface area (Å²) < 4.78 is 38.0. The lowest BCUT2D eigenvalue weighted by molar-refractivity contribution is -0.318. The average Bonchev–Trinajstić information content (AvgIpc) is 3.08. The van der Waals surface area contributed by atoms with Gasteiger partial charge in [0.2, 0.25) is 0 Å². The highest BCUT2D eigenvalue weighted by atomic mass is 16.7. The molecule has 0 amide bonds. The van der Waals surface area contributed by atoms with Gasteiger partial charge < -0.3 is 58.6 Å². The Hall–Kier alpha value is -1.30. The van der Waals surface area contributed by atoms with Crippen molar-refractivity contribution in [2.75, 3.05) is 34.8 Å². The smallest absolute Gasteiger partial charge is 0.303 e.